The van der Waals surface area contributed by atoms with Crippen LogP contribution in [0.1, 0.15) is 35.7 Å². The number of aromatic nitrogens is 4. The van der Waals surface area contributed by atoms with Crippen molar-refractivity contribution in [3.63, 3.8) is 0 Å². The largest absolute Gasteiger partial charge is 0.292 e. The van der Waals surface area contributed by atoms with Crippen LogP contribution >= 0.6 is 0 Å². The average molecular weight is 258 g/mol. The molecule has 0 aliphatic carbocycles. The highest BCUT2D eigenvalue weighted by molar-refractivity contribution is 5.96. The molecule has 0 saturated heterocycles. The van der Waals surface area contributed by atoms with Crippen LogP contribution in [0, 0.1) is 12.8 Å². The second-order valence-electron chi connectivity index (χ2n) is 5.02. The third-order valence-electron chi connectivity index (χ3n) is 2.83. The third-order valence-corrected chi connectivity index (χ3v) is 2.83. The summed E-state index contributed by atoms with van der Waals surface area (Å²) in [6.07, 6.45) is 3.37. The Morgan fingerprint density at radius 1 is 1.37 bits per heavy atom. The minimum absolute atomic E-state index is 0.0175. The van der Waals surface area contributed by atoms with E-state index < -0.39 is 0 Å². The van der Waals surface area contributed by atoms with E-state index in [1.54, 1.807) is 10.9 Å². The van der Waals surface area contributed by atoms with Crippen LogP contribution in [0.15, 0.2) is 24.7 Å². The topological polar surface area (TPSA) is 60.7 Å². The average Bonchev–Trinajstić information content (AvgIpc) is 2.76. The monoisotopic (exact) mass is 258 g/mol. The highest BCUT2D eigenvalue weighted by Gasteiger charge is 2.15. The Labute approximate surface area is 112 Å². The van der Waals surface area contributed by atoms with Gasteiger partial charge in [0, 0.05) is 12.7 Å². The van der Waals surface area contributed by atoms with Crippen molar-refractivity contribution in [3.8, 4) is 0 Å². The van der Waals surface area contributed by atoms with Crippen LogP contribution in [0.2, 0.25) is 0 Å². The Bertz CT molecular complexity index is 574. The van der Waals surface area contributed by atoms with E-state index in [0.717, 1.165) is 12.1 Å². The molecular weight excluding hydrogens is 240 g/mol. The number of aryl methyl sites for hydroxylation is 1. The molecule has 0 radical (unpaired) electrons. The van der Waals surface area contributed by atoms with Gasteiger partial charge in [-0.25, -0.2) is 9.67 Å². The number of carbonyl (C=O) groups is 1. The standard InChI is InChI=1S/C14H18N4O/c1-10(2)8-18-13(16-9-17-18)7-12(19)14-11(3)5-4-6-15-14/h4-6,9-10H,7-8H2,1-3H3. The van der Waals surface area contributed by atoms with Gasteiger partial charge in [0.05, 0.1) is 6.42 Å². The first-order valence-corrected chi connectivity index (χ1v) is 6.39. The summed E-state index contributed by atoms with van der Waals surface area (Å²) >= 11 is 0. The van der Waals surface area contributed by atoms with Gasteiger partial charge in [-0.05, 0) is 24.5 Å². The molecule has 2 aromatic rings. The van der Waals surface area contributed by atoms with Gasteiger partial charge in [0.15, 0.2) is 5.78 Å². The zero-order chi connectivity index (χ0) is 13.8. The number of hydrogen-bond donors (Lipinski definition) is 0. The zero-order valence-corrected chi connectivity index (χ0v) is 11.5. The molecule has 2 heterocycles. The van der Waals surface area contributed by atoms with Gasteiger partial charge in [0.1, 0.15) is 17.8 Å². The molecule has 5 heteroatoms. The maximum Gasteiger partial charge on any atom is 0.188 e. The molecule has 0 unspecified atom stereocenters. The molecular formula is C14H18N4O. The Hall–Kier alpha value is -2.04. The molecule has 0 amide bonds. The van der Waals surface area contributed by atoms with Gasteiger partial charge < -0.3 is 0 Å². The fourth-order valence-corrected chi connectivity index (χ4v) is 1.93. The molecule has 5 nitrogen and oxygen atoms in total. The molecule has 0 aliphatic heterocycles. The lowest BCUT2D eigenvalue weighted by atomic mass is 10.1. The van der Waals surface area contributed by atoms with E-state index in [-0.39, 0.29) is 12.2 Å². The molecule has 0 fully saturated rings. The first kappa shape index (κ1) is 13.4. The minimum atomic E-state index is -0.0175. The Morgan fingerprint density at radius 2 is 2.16 bits per heavy atom. The van der Waals surface area contributed by atoms with E-state index in [1.807, 2.05) is 19.1 Å². The van der Waals surface area contributed by atoms with E-state index in [9.17, 15) is 4.79 Å². The molecule has 0 bridgehead atoms. The fourth-order valence-electron chi connectivity index (χ4n) is 1.93. The van der Waals surface area contributed by atoms with Gasteiger partial charge in [-0.2, -0.15) is 5.10 Å². The fraction of sp³-hybridized carbons (Fsp3) is 0.429. The smallest absolute Gasteiger partial charge is 0.188 e. The van der Waals surface area contributed by atoms with Crippen molar-refractivity contribution in [1.82, 2.24) is 19.7 Å². The van der Waals surface area contributed by atoms with Crippen molar-refractivity contribution in [1.29, 1.82) is 0 Å². The number of rotatable bonds is 5. The Morgan fingerprint density at radius 3 is 2.84 bits per heavy atom. The van der Waals surface area contributed by atoms with Crippen LogP contribution in [0.25, 0.3) is 0 Å². The number of Topliss-reactive ketones (excluding diaryl/α,β-unsaturated/α-hetero) is 1. The molecule has 0 saturated carbocycles. The molecule has 19 heavy (non-hydrogen) atoms. The minimum Gasteiger partial charge on any atom is -0.292 e. The second kappa shape index (κ2) is 5.73. The molecule has 2 rings (SSSR count). The van der Waals surface area contributed by atoms with Crippen LogP contribution < -0.4 is 0 Å². The lowest BCUT2D eigenvalue weighted by Gasteiger charge is -2.08. The van der Waals surface area contributed by atoms with Crippen LogP contribution in [0.3, 0.4) is 0 Å². The van der Waals surface area contributed by atoms with Crippen LogP contribution in [-0.4, -0.2) is 25.5 Å². The summed E-state index contributed by atoms with van der Waals surface area (Å²) in [5.74, 6) is 1.15. The van der Waals surface area contributed by atoms with Crippen molar-refractivity contribution >= 4 is 5.78 Å². The third kappa shape index (κ3) is 3.24. The lowest BCUT2D eigenvalue weighted by Crippen LogP contribution is -2.15. The van der Waals surface area contributed by atoms with E-state index in [1.165, 1.54) is 6.33 Å². The summed E-state index contributed by atoms with van der Waals surface area (Å²) in [6, 6.07) is 3.71. The summed E-state index contributed by atoms with van der Waals surface area (Å²) in [6.45, 7) is 6.87. The second-order valence-corrected chi connectivity index (χ2v) is 5.02. The van der Waals surface area contributed by atoms with Gasteiger partial charge in [-0.1, -0.05) is 19.9 Å². The number of pyridine rings is 1. The highest BCUT2D eigenvalue weighted by atomic mass is 16.1. The highest BCUT2D eigenvalue weighted by Crippen LogP contribution is 2.09. The summed E-state index contributed by atoms with van der Waals surface area (Å²) in [7, 11) is 0. The first-order valence-electron chi connectivity index (χ1n) is 6.39. The van der Waals surface area contributed by atoms with E-state index in [4.69, 9.17) is 0 Å². The van der Waals surface area contributed by atoms with Crippen molar-refractivity contribution in [2.24, 2.45) is 5.92 Å². The quantitative estimate of drug-likeness (QED) is 0.770. The number of nitrogens with zero attached hydrogens (tertiary/aromatic N) is 4. The SMILES string of the molecule is Cc1cccnc1C(=O)Cc1ncnn1CC(C)C. The molecule has 2 aromatic heterocycles. The summed E-state index contributed by atoms with van der Waals surface area (Å²) in [5, 5.41) is 4.16. The molecule has 0 spiro atoms. The molecule has 0 aliphatic rings. The molecule has 0 atom stereocenters. The van der Waals surface area contributed by atoms with Crippen molar-refractivity contribution in [2.45, 2.75) is 33.7 Å². The van der Waals surface area contributed by atoms with Crippen LogP contribution in [-0.2, 0) is 13.0 Å². The maximum atomic E-state index is 12.2. The summed E-state index contributed by atoms with van der Waals surface area (Å²) < 4.78 is 1.79. The lowest BCUT2D eigenvalue weighted by molar-refractivity contribution is 0.0983. The van der Waals surface area contributed by atoms with Crippen molar-refractivity contribution < 1.29 is 4.79 Å². The van der Waals surface area contributed by atoms with Gasteiger partial charge in [-0.15, -0.1) is 0 Å². The maximum absolute atomic E-state index is 12.2. The van der Waals surface area contributed by atoms with Gasteiger partial charge in [-0.3, -0.25) is 9.78 Å². The van der Waals surface area contributed by atoms with Crippen LogP contribution in [0.4, 0.5) is 0 Å². The predicted molar refractivity (Wildman–Crippen MR) is 71.9 cm³/mol. The van der Waals surface area contributed by atoms with E-state index in [2.05, 4.69) is 28.9 Å². The zero-order valence-electron chi connectivity index (χ0n) is 11.5. The first-order chi connectivity index (χ1) is 9.08. The summed E-state index contributed by atoms with van der Waals surface area (Å²) in [4.78, 5) is 20.5. The van der Waals surface area contributed by atoms with Gasteiger partial charge in [0.2, 0.25) is 0 Å². The Kier molecular flexibility index (Phi) is 4.04. The molecule has 0 N–H and O–H groups in total. The normalized spacial score (nSPS) is 10.9. The van der Waals surface area contributed by atoms with Crippen molar-refractivity contribution in [3.05, 3.63) is 41.7 Å². The van der Waals surface area contributed by atoms with Gasteiger partial charge in [0.25, 0.3) is 0 Å². The van der Waals surface area contributed by atoms with E-state index in [0.29, 0.717) is 17.4 Å². The van der Waals surface area contributed by atoms with E-state index >= 15 is 0 Å². The number of carbonyl (C=O) groups excluding carboxylic acids is 1. The number of ketones is 1. The molecule has 0 aromatic carbocycles. The number of hydrogen-bond acceptors (Lipinski definition) is 4. The Balaban J connectivity index is 2.16. The molecule has 100 valence electrons. The predicted octanol–water partition coefficient (Wildman–Crippen LogP) is 2.06. The van der Waals surface area contributed by atoms with Gasteiger partial charge >= 0.3 is 0 Å². The van der Waals surface area contributed by atoms with Crippen molar-refractivity contribution in [2.75, 3.05) is 0 Å². The van der Waals surface area contributed by atoms with Crippen LogP contribution in [0.5, 0.6) is 0 Å². The summed E-state index contributed by atoms with van der Waals surface area (Å²) in [5.41, 5.74) is 1.41.